The lowest BCUT2D eigenvalue weighted by Gasteiger charge is -2.27. The molecule has 1 heterocycles. The lowest BCUT2D eigenvalue weighted by atomic mass is 10.2. The molecule has 0 unspecified atom stereocenters. The Kier molecular flexibility index (Phi) is 4.15. The van der Waals surface area contributed by atoms with E-state index in [2.05, 4.69) is 5.32 Å². The molecule has 0 radical (unpaired) electrons. The van der Waals surface area contributed by atoms with Crippen molar-refractivity contribution < 1.29 is 13.9 Å². The van der Waals surface area contributed by atoms with Crippen LogP contribution in [0, 0.1) is 12.7 Å². The number of hydrogen-bond acceptors (Lipinski definition) is 3. The van der Waals surface area contributed by atoms with Crippen LogP contribution in [0.25, 0.3) is 0 Å². The van der Waals surface area contributed by atoms with Gasteiger partial charge in [-0.2, -0.15) is 0 Å². The minimum absolute atomic E-state index is 0.0419. The smallest absolute Gasteiger partial charge is 0.242 e. The number of hydrogen-bond donors (Lipinski definition) is 1. The molecule has 1 aliphatic rings. The van der Waals surface area contributed by atoms with Gasteiger partial charge in [0.05, 0.1) is 19.8 Å². The standard InChI is InChI=1S/C13H17FN2O2/c1-10-8-11(2-3-12(10)14)15-9-13(17)16-4-6-18-7-5-16/h2-3,8,15H,4-7,9H2,1H3. The predicted octanol–water partition coefficient (Wildman–Crippen LogP) is 1.40. The molecule has 1 aromatic carbocycles. The van der Waals surface area contributed by atoms with Crippen LogP contribution in [0.5, 0.6) is 0 Å². The van der Waals surface area contributed by atoms with Crippen molar-refractivity contribution in [2.75, 3.05) is 38.2 Å². The number of nitrogens with one attached hydrogen (secondary N) is 1. The number of nitrogens with zero attached hydrogens (tertiary/aromatic N) is 1. The third-order valence-corrected chi connectivity index (χ3v) is 2.97. The van der Waals surface area contributed by atoms with Crippen molar-refractivity contribution in [1.82, 2.24) is 4.90 Å². The summed E-state index contributed by atoms with van der Waals surface area (Å²) in [7, 11) is 0. The van der Waals surface area contributed by atoms with Crippen molar-refractivity contribution in [2.45, 2.75) is 6.92 Å². The van der Waals surface area contributed by atoms with E-state index in [0.29, 0.717) is 31.9 Å². The Morgan fingerprint density at radius 2 is 2.17 bits per heavy atom. The summed E-state index contributed by atoms with van der Waals surface area (Å²) >= 11 is 0. The second-order valence-electron chi connectivity index (χ2n) is 4.31. The van der Waals surface area contributed by atoms with Gasteiger partial charge in [-0.05, 0) is 30.7 Å². The van der Waals surface area contributed by atoms with E-state index in [1.807, 2.05) is 0 Å². The first-order valence-corrected chi connectivity index (χ1v) is 6.02. The second-order valence-corrected chi connectivity index (χ2v) is 4.31. The summed E-state index contributed by atoms with van der Waals surface area (Å²) in [6.45, 7) is 4.41. The van der Waals surface area contributed by atoms with Crippen molar-refractivity contribution in [3.05, 3.63) is 29.6 Å². The van der Waals surface area contributed by atoms with E-state index in [0.717, 1.165) is 5.69 Å². The van der Waals surface area contributed by atoms with Gasteiger partial charge in [0.1, 0.15) is 5.82 Å². The zero-order valence-electron chi connectivity index (χ0n) is 10.4. The van der Waals surface area contributed by atoms with E-state index in [1.165, 1.54) is 6.07 Å². The third-order valence-electron chi connectivity index (χ3n) is 2.97. The molecule has 5 heteroatoms. The van der Waals surface area contributed by atoms with Crippen LogP contribution in [0.15, 0.2) is 18.2 Å². The highest BCUT2D eigenvalue weighted by Crippen LogP contribution is 2.13. The van der Waals surface area contributed by atoms with Crippen LogP contribution < -0.4 is 5.32 Å². The van der Waals surface area contributed by atoms with Gasteiger partial charge < -0.3 is 15.0 Å². The van der Waals surface area contributed by atoms with E-state index in [-0.39, 0.29) is 18.3 Å². The summed E-state index contributed by atoms with van der Waals surface area (Å²) < 4.78 is 18.3. The first-order chi connectivity index (χ1) is 8.66. The Labute approximate surface area is 106 Å². The molecular weight excluding hydrogens is 235 g/mol. The lowest BCUT2D eigenvalue weighted by molar-refractivity contribution is -0.133. The fourth-order valence-electron chi connectivity index (χ4n) is 1.86. The summed E-state index contributed by atoms with van der Waals surface area (Å²) in [5.74, 6) is -0.194. The molecule has 1 saturated heterocycles. The Morgan fingerprint density at radius 3 is 2.83 bits per heavy atom. The minimum Gasteiger partial charge on any atom is -0.378 e. The van der Waals surface area contributed by atoms with Crippen LogP contribution in [-0.4, -0.2) is 43.7 Å². The number of amides is 1. The van der Waals surface area contributed by atoms with Crippen LogP contribution in [0.4, 0.5) is 10.1 Å². The number of ether oxygens (including phenoxy) is 1. The average Bonchev–Trinajstić information content (AvgIpc) is 2.41. The highest BCUT2D eigenvalue weighted by Gasteiger charge is 2.16. The molecule has 18 heavy (non-hydrogen) atoms. The number of anilines is 1. The summed E-state index contributed by atoms with van der Waals surface area (Å²) in [4.78, 5) is 13.6. The van der Waals surface area contributed by atoms with Crippen molar-refractivity contribution in [1.29, 1.82) is 0 Å². The largest absolute Gasteiger partial charge is 0.378 e. The van der Waals surface area contributed by atoms with Crippen LogP contribution in [0.2, 0.25) is 0 Å². The minimum atomic E-state index is -0.236. The van der Waals surface area contributed by atoms with Gasteiger partial charge in [0.2, 0.25) is 5.91 Å². The molecular formula is C13H17FN2O2. The quantitative estimate of drug-likeness (QED) is 0.884. The molecule has 1 aliphatic heterocycles. The molecule has 2 rings (SSSR count). The van der Waals surface area contributed by atoms with Gasteiger partial charge in [-0.1, -0.05) is 0 Å². The molecule has 0 atom stereocenters. The summed E-state index contributed by atoms with van der Waals surface area (Å²) in [5, 5.41) is 3.01. The first kappa shape index (κ1) is 12.8. The number of carbonyl (C=O) groups is 1. The average molecular weight is 252 g/mol. The van der Waals surface area contributed by atoms with Crippen molar-refractivity contribution in [2.24, 2.45) is 0 Å². The maximum atomic E-state index is 13.1. The Hall–Kier alpha value is -1.62. The number of halogens is 1. The number of benzene rings is 1. The molecule has 0 bridgehead atoms. The molecule has 0 aliphatic carbocycles. The lowest BCUT2D eigenvalue weighted by Crippen LogP contribution is -2.43. The molecule has 1 fully saturated rings. The van der Waals surface area contributed by atoms with Crippen molar-refractivity contribution in [3.63, 3.8) is 0 Å². The maximum absolute atomic E-state index is 13.1. The maximum Gasteiger partial charge on any atom is 0.242 e. The van der Waals surface area contributed by atoms with Crippen LogP contribution in [-0.2, 0) is 9.53 Å². The SMILES string of the molecule is Cc1cc(NCC(=O)N2CCOCC2)ccc1F. The van der Waals surface area contributed by atoms with Gasteiger partial charge in [-0.15, -0.1) is 0 Å². The van der Waals surface area contributed by atoms with Crippen molar-refractivity contribution >= 4 is 11.6 Å². The second kappa shape index (κ2) is 5.82. The summed E-state index contributed by atoms with van der Waals surface area (Å²) in [6, 6.07) is 4.73. The number of aryl methyl sites for hydroxylation is 1. The Bertz CT molecular complexity index is 431. The summed E-state index contributed by atoms with van der Waals surface area (Å²) in [6.07, 6.45) is 0. The zero-order chi connectivity index (χ0) is 13.0. The van der Waals surface area contributed by atoms with Gasteiger partial charge in [0.25, 0.3) is 0 Å². The molecule has 1 amide bonds. The highest BCUT2D eigenvalue weighted by molar-refractivity contribution is 5.81. The number of carbonyl (C=O) groups excluding carboxylic acids is 1. The fraction of sp³-hybridized carbons (Fsp3) is 0.462. The van der Waals surface area contributed by atoms with E-state index in [1.54, 1.807) is 24.0 Å². The topological polar surface area (TPSA) is 41.6 Å². The molecule has 0 spiro atoms. The van der Waals surface area contributed by atoms with E-state index in [9.17, 15) is 9.18 Å². The highest BCUT2D eigenvalue weighted by atomic mass is 19.1. The van der Waals surface area contributed by atoms with Gasteiger partial charge in [-0.3, -0.25) is 4.79 Å². The number of morpholine rings is 1. The predicted molar refractivity (Wildman–Crippen MR) is 67.0 cm³/mol. The van der Waals surface area contributed by atoms with E-state index >= 15 is 0 Å². The van der Waals surface area contributed by atoms with Crippen molar-refractivity contribution in [3.8, 4) is 0 Å². The molecule has 1 N–H and O–H groups in total. The van der Waals surface area contributed by atoms with E-state index in [4.69, 9.17) is 4.74 Å². The normalized spacial score (nSPS) is 15.6. The first-order valence-electron chi connectivity index (χ1n) is 6.02. The monoisotopic (exact) mass is 252 g/mol. The molecule has 0 saturated carbocycles. The number of rotatable bonds is 3. The molecule has 0 aromatic heterocycles. The van der Waals surface area contributed by atoms with Gasteiger partial charge in [-0.25, -0.2) is 4.39 Å². The Morgan fingerprint density at radius 1 is 1.44 bits per heavy atom. The zero-order valence-corrected chi connectivity index (χ0v) is 10.4. The summed E-state index contributed by atoms with van der Waals surface area (Å²) in [5.41, 5.74) is 1.33. The fourth-order valence-corrected chi connectivity index (χ4v) is 1.86. The molecule has 4 nitrogen and oxygen atoms in total. The van der Waals surface area contributed by atoms with Crippen LogP contribution in [0.3, 0.4) is 0 Å². The van der Waals surface area contributed by atoms with Crippen LogP contribution in [0.1, 0.15) is 5.56 Å². The van der Waals surface area contributed by atoms with Gasteiger partial charge >= 0.3 is 0 Å². The van der Waals surface area contributed by atoms with Gasteiger partial charge in [0.15, 0.2) is 0 Å². The molecule has 1 aromatic rings. The molecule has 98 valence electrons. The van der Waals surface area contributed by atoms with Gasteiger partial charge in [0, 0.05) is 18.8 Å². The third kappa shape index (κ3) is 3.20. The Balaban J connectivity index is 1.86. The van der Waals surface area contributed by atoms with E-state index < -0.39 is 0 Å². The van der Waals surface area contributed by atoms with Crippen LogP contribution >= 0.6 is 0 Å².